The molecule has 0 aliphatic carbocycles. The molecule has 17 heavy (non-hydrogen) atoms. The van der Waals surface area contributed by atoms with Gasteiger partial charge in [-0.25, -0.2) is 8.78 Å². The van der Waals surface area contributed by atoms with Gasteiger partial charge in [0.2, 0.25) is 0 Å². The van der Waals surface area contributed by atoms with E-state index in [-0.39, 0.29) is 0 Å². The van der Waals surface area contributed by atoms with Gasteiger partial charge in [0.1, 0.15) is 6.10 Å². The van der Waals surface area contributed by atoms with Crippen molar-refractivity contribution in [2.45, 2.75) is 26.4 Å². The third kappa shape index (κ3) is 3.74. The molecule has 0 saturated carbocycles. The highest BCUT2D eigenvalue weighted by atomic mass is 19.3. The molecule has 0 aliphatic heterocycles. The Kier molecular flexibility index (Phi) is 4.51. The van der Waals surface area contributed by atoms with Crippen LogP contribution < -0.4 is 5.32 Å². The van der Waals surface area contributed by atoms with Crippen molar-refractivity contribution in [1.82, 2.24) is 10.3 Å². The summed E-state index contributed by atoms with van der Waals surface area (Å²) >= 11 is 0. The molecule has 0 spiro atoms. The molecule has 0 aromatic carbocycles. The van der Waals surface area contributed by atoms with Gasteiger partial charge in [-0.05, 0) is 26.0 Å². The molecule has 0 aliphatic rings. The van der Waals surface area contributed by atoms with Gasteiger partial charge in [-0.2, -0.15) is 0 Å². The van der Waals surface area contributed by atoms with Crippen LogP contribution in [0.1, 0.15) is 21.7 Å². The maximum absolute atomic E-state index is 12.0. The highest BCUT2D eigenvalue weighted by Crippen LogP contribution is 2.06. The standard InChI is InChI=1S/C11H14F2N2O2/c1-6-3-4-8(7(2)15-6)11(17)14-5-9(16)10(12)13/h3-4,9-10,16H,5H2,1-2H3,(H,14,17). The molecule has 6 heteroatoms. The minimum Gasteiger partial charge on any atom is -0.385 e. The van der Waals surface area contributed by atoms with Crippen LogP contribution >= 0.6 is 0 Å². The molecule has 1 aromatic rings. The second-order valence-corrected chi connectivity index (χ2v) is 3.70. The summed E-state index contributed by atoms with van der Waals surface area (Å²) in [6.07, 6.45) is -4.72. The van der Waals surface area contributed by atoms with Crippen molar-refractivity contribution < 1.29 is 18.7 Å². The molecule has 1 aromatic heterocycles. The van der Waals surface area contributed by atoms with Crippen molar-refractivity contribution in [3.8, 4) is 0 Å². The van der Waals surface area contributed by atoms with Crippen LogP contribution in [0.15, 0.2) is 12.1 Å². The van der Waals surface area contributed by atoms with E-state index in [2.05, 4.69) is 10.3 Å². The summed E-state index contributed by atoms with van der Waals surface area (Å²) in [4.78, 5) is 15.7. The summed E-state index contributed by atoms with van der Waals surface area (Å²) in [5.74, 6) is -0.519. The van der Waals surface area contributed by atoms with Gasteiger partial charge in [-0.15, -0.1) is 0 Å². The fourth-order valence-electron chi connectivity index (χ4n) is 1.31. The lowest BCUT2D eigenvalue weighted by atomic mass is 10.1. The van der Waals surface area contributed by atoms with Crippen LogP contribution in [0.25, 0.3) is 0 Å². The highest BCUT2D eigenvalue weighted by Gasteiger charge is 2.18. The van der Waals surface area contributed by atoms with E-state index in [1.54, 1.807) is 26.0 Å². The summed E-state index contributed by atoms with van der Waals surface area (Å²) in [6.45, 7) is 2.96. The van der Waals surface area contributed by atoms with Crippen LogP contribution in [0.2, 0.25) is 0 Å². The summed E-state index contributed by atoms with van der Waals surface area (Å²) in [7, 11) is 0. The molecule has 0 bridgehead atoms. The maximum Gasteiger partial charge on any atom is 0.265 e. The molecule has 1 heterocycles. The van der Waals surface area contributed by atoms with Crippen LogP contribution in [0.5, 0.6) is 0 Å². The van der Waals surface area contributed by atoms with Gasteiger partial charge in [0.15, 0.2) is 0 Å². The largest absolute Gasteiger partial charge is 0.385 e. The Balaban J connectivity index is 2.64. The van der Waals surface area contributed by atoms with Crippen molar-refractivity contribution in [3.63, 3.8) is 0 Å². The first-order chi connectivity index (χ1) is 7.91. The van der Waals surface area contributed by atoms with Crippen LogP contribution in [0.4, 0.5) is 8.78 Å². The number of nitrogens with one attached hydrogen (secondary N) is 1. The van der Waals surface area contributed by atoms with E-state index in [4.69, 9.17) is 5.11 Å². The monoisotopic (exact) mass is 244 g/mol. The molecule has 94 valence electrons. The average Bonchev–Trinajstić information content (AvgIpc) is 2.25. The SMILES string of the molecule is Cc1ccc(C(=O)NCC(O)C(F)F)c(C)n1. The van der Waals surface area contributed by atoms with Gasteiger partial charge in [-0.3, -0.25) is 9.78 Å². The van der Waals surface area contributed by atoms with Crippen molar-refractivity contribution in [2.75, 3.05) is 6.54 Å². The lowest BCUT2D eigenvalue weighted by Crippen LogP contribution is -2.36. The van der Waals surface area contributed by atoms with E-state index in [9.17, 15) is 13.6 Å². The number of carbonyl (C=O) groups is 1. The zero-order valence-corrected chi connectivity index (χ0v) is 9.58. The highest BCUT2D eigenvalue weighted by molar-refractivity contribution is 5.95. The number of aryl methyl sites for hydroxylation is 2. The minimum absolute atomic E-state index is 0.317. The van der Waals surface area contributed by atoms with Crippen LogP contribution in [0, 0.1) is 13.8 Å². The zero-order chi connectivity index (χ0) is 13.0. The lowest BCUT2D eigenvalue weighted by Gasteiger charge is -2.11. The molecular weight excluding hydrogens is 230 g/mol. The predicted octanol–water partition coefficient (Wildman–Crippen LogP) is 1.05. The Labute approximate surface area is 97.7 Å². The number of hydrogen-bond donors (Lipinski definition) is 2. The predicted molar refractivity (Wildman–Crippen MR) is 58.1 cm³/mol. The molecule has 2 N–H and O–H groups in total. The Morgan fingerprint density at radius 2 is 2.12 bits per heavy atom. The van der Waals surface area contributed by atoms with Gasteiger partial charge >= 0.3 is 0 Å². The zero-order valence-electron chi connectivity index (χ0n) is 9.58. The number of carbonyl (C=O) groups excluding carboxylic acids is 1. The van der Waals surface area contributed by atoms with Crippen molar-refractivity contribution >= 4 is 5.91 Å². The third-order valence-corrected chi connectivity index (χ3v) is 2.23. The van der Waals surface area contributed by atoms with Crippen LogP contribution in [0.3, 0.4) is 0 Å². The first-order valence-electron chi connectivity index (χ1n) is 5.10. The number of amides is 1. The fourth-order valence-corrected chi connectivity index (χ4v) is 1.31. The number of aliphatic hydroxyl groups is 1. The average molecular weight is 244 g/mol. The molecule has 0 saturated heterocycles. The van der Waals surface area contributed by atoms with Crippen molar-refractivity contribution in [2.24, 2.45) is 0 Å². The Morgan fingerprint density at radius 3 is 2.65 bits per heavy atom. The van der Waals surface area contributed by atoms with E-state index in [1.807, 2.05) is 0 Å². The Hall–Kier alpha value is -1.56. The first kappa shape index (κ1) is 13.5. The number of pyridine rings is 1. The molecule has 0 fully saturated rings. The third-order valence-electron chi connectivity index (χ3n) is 2.23. The molecule has 1 unspecified atom stereocenters. The first-order valence-corrected chi connectivity index (χ1v) is 5.10. The Bertz CT molecular complexity index is 410. The number of halogens is 2. The second-order valence-electron chi connectivity index (χ2n) is 3.70. The van der Waals surface area contributed by atoms with Crippen molar-refractivity contribution in [1.29, 1.82) is 0 Å². The number of aromatic nitrogens is 1. The topological polar surface area (TPSA) is 62.2 Å². The fraction of sp³-hybridized carbons (Fsp3) is 0.455. The van der Waals surface area contributed by atoms with E-state index < -0.39 is 25.0 Å². The van der Waals surface area contributed by atoms with Gasteiger partial charge in [0.05, 0.1) is 11.3 Å². The van der Waals surface area contributed by atoms with Crippen molar-refractivity contribution in [3.05, 3.63) is 29.1 Å². The number of hydrogen-bond acceptors (Lipinski definition) is 3. The quantitative estimate of drug-likeness (QED) is 0.832. The molecular formula is C11H14F2N2O2. The molecule has 1 atom stereocenters. The van der Waals surface area contributed by atoms with E-state index >= 15 is 0 Å². The smallest absolute Gasteiger partial charge is 0.265 e. The van der Waals surface area contributed by atoms with E-state index in [1.165, 1.54) is 0 Å². The van der Waals surface area contributed by atoms with Gasteiger partial charge in [0.25, 0.3) is 12.3 Å². The number of aliphatic hydroxyl groups excluding tert-OH is 1. The summed E-state index contributed by atoms with van der Waals surface area (Å²) < 4.78 is 24.0. The van der Waals surface area contributed by atoms with Gasteiger partial charge < -0.3 is 10.4 Å². The van der Waals surface area contributed by atoms with E-state index in [0.29, 0.717) is 11.3 Å². The van der Waals surface area contributed by atoms with Crippen LogP contribution in [-0.2, 0) is 0 Å². The molecule has 1 rings (SSSR count). The Morgan fingerprint density at radius 1 is 1.47 bits per heavy atom. The molecule has 1 amide bonds. The van der Waals surface area contributed by atoms with E-state index in [0.717, 1.165) is 5.69 Å². The summed E-state index contributed by atoms with van der Waals surface area (Å²) in [5, 5.41) is 11.1. The number of rotatable bonds is 4. The van der Waals surface area contributed by atoms with Gasteiger partial charge in [-0.1, -0.05) is 0 Å². The lowest BCUT2D eigenvalue weighted by molar-refractivity contribution is -0.00270. The second kappa shape index (κ2) is 5.67. The molecule has 0 radical (unpaired) electrons. The number of alkyl halides is 2. The maximum atomic E-state index is 12.0. The minimum atomic E-state index is -2.87. The van der Waals surface area contributed by atoms with Gasteiger partial charge in [0, 0.05) is 12.2 Å². The van der Waals surface area contributed by atoms with Crippen LogP contribution in [-0.4, -0.2) is 35.1 Å². The number of nitrogens with zero attached hydrogens (tertiary/aromatic N) is 1. The summed E-state index contributed by atoms with van der Waals surface area (Å²) in [5.41, 5.74) is 1.61. The normalized spacial score (nSPS) is 12.6. The molecule has 4 nitrogen and oxygen atoms in total. The summed E-state index contributed by atoms with van der Waals surface area (Å²) in [6, 6.07) is 3.23.